The molecule has 0 amide bonds. The van der Waals surface area contributed by atoms with Gasteiger partial charge in [0.05, 0.1) is 11.4 Å². The van der Waals surface area contributed by atoms with Gasteiger partial charge in [0.25, 0.3) is 0 Å². The molecule has 424 valence electrons. The number of fused-ring (bicyclic) bond motifs is 12. The summed E-state index contributed by atoms with van der Waals surface area (Å²) in [6, 6.07) is 87.8. The Bertz CT molecular complexity index is 4680. The third-order valence-electron chi connectivity index (χ3n) is 19.1. The van der Waals surface area contributed by atoms with Crippen LogP contribution in [-0.4, -0.2) is 9.97 Å². The van der Waals surface area contributed by atoms with E-state index in [0.29, 0.717) is 0 Å². The molecular weight excluding hydrogens is 1050 g/mol. The first-order valence-electron chi connectivity index (χ1n) is 31.2. The van der Waals surface area contributed by atoms with E-state index in [9.17, 15) is 0 Å². The second-order valence-corrected chi connectivity index (χ2v) is 26.5. The second kappa shape index (κ2) is 21.5. The SMILES string of the molecule is CCC(CC)(c1cc(C)cc(C)c1)c1c(-c2ccc(-c3cc(C(C)(C)C)ccn3)cc2-c2ccc3c4ccccc4c4ccccc4c3c2)cccc1-c1ccc(-c2cc(C(C)(C)C)ccn2)cc1-c1ccc2c3ccccc3c3ccccc3c2c1. The molecule has 0 aliphatic rings. The van der Waals surface area contributed by atoms with Crippen molar-refractivity contribution >= 4 is 64.6 Å². The quantitative estimate of drug-likeness (QED) is 0.128. The average molecular weight is 1120 g/mol. The maximum absolute atomic E-state index is 5.11. The number of pyridine rings is 2. The summed E-state index contributed by atoms with van der Waals surface area (Å²) < 4.78 is 0. The van der Waals surface area contributed by atoms with Gasteiger partial charge in [0.15, 0.2) is 0 Å². The topological polar surface area (TPSA) is 25.8 Å². The van der Waals surface area contributed by atoms with E-state index in [0.717, 1.165) is 35.4 Å². The van der Waals surface area contributed by atoms with Crippen molar-refractivity contribution in [1.82, 2.24) is 9.97 Å². The van der Waals surface area contributed by atoms with Gasteiger partial charge in [0, 0.05) is 28.9 Å². The van der Waals surface area contributed by atoms with Gasteiger partial charge in [-0.25, -0.2) is 0 Å². The van der Waals surface area contributed by atoms with Crippen LogP contribution in [0.4, 0.5) is 0 Å². The number of aryl methyl sites for hydroxylation is 2. The molecule has 0 unspecified atom stereocenters. The molecule has 2 aromatic heterocycles. The van der Waals surface area contributed by atoms with Crippen molar-refractivity contribution in [3.8, 4) is 67.0 Å². The van der Waals surface area contributed by atoms with Gasteiger partial charge in [-0.05, 0) is 217 Å². The molecule has 2 heteroatoms. The van der Waals surface area contributed by atoms with E-state index in [-0.39, 0.29) is 10.8 Å². The molecule has 0 atom stereocenters. The van der Waals surface area contributed by atoms with Crippen LogP contribution >= 0.6 is 0 Å². The highest BCUT2D eigenvalue weighted by Crippen LogP contribution is 2.53. The van der Waals surface area contributed by atoms with Crippen molar-refractivity contribution in [2.45, 2.75) is 98.3 Å². The van der Waals surface area contributed by atoms with Gasteiger partial charge in [-0.15, -0.1) is 0 Å². The molecule has 0 radical (unpaired) electrons. The van der Waals surface area contributed by atoms with Crippen LogP contribution in [0.1, 0.15) is 102 Å². The third kappa shape index (κ3) is 9.58. The van der Waals surface area contributed by atoms with Crippen molar-refractivity contribution in [2.75, 3.05) is 0 Å². The standard InChI is InChI=1S/C85H74N2/c1-11-85(12-2,61-45-53(3)44-54(4)46-61)82-74(72-38-34-57(80-51-59(40-42-86-80)83(5,6)7)49-76(72)55-32-36-70-66-26-15-13-22-62(66)64-24-17-19-28-68(64)78(70)47-55)30-21-31-75(82)73-39-35-58(81-52-60(41-43-87-81)84(8,9)10)50-77(73)56-33-37-71-67-27-16-14-23-63(67)65-25-18-20-29-69(65)79(71)48-56/h13-52H,11-12H2,1-10H3. The van der Waals surface area contributed by atoms with E-state index in [2.05, 4.69) is 300 Å². The summed E-state index contributed by atoms with van der Waals surface area (Å²) in [7, 11) is 0. The maximum Gasteiger partial charge on any atom is 0.0705 e. The summed E-state index contributed by atoms with van der Waals surface area (Å²) in [5.74, 6) is 0. The summed E-state index contributed by atoms with van der Waals surface area (Å²) in [5, 5.41) is 15.1. The van der Waals surface area contributed by atoms with Crippen LogP contribution in [0.3, 0.4) is 0 Å². The molecule has 2 nitrogen and oxygen atoms in total. The Morgan fingerprint density at radius 1 is 0.276 bits per heavy atom. The largest absolute Gasteiger partial charge is 0.256 e. The summed E-state index contributed by atoms with van der Waals surface area (Å²) in [4.78, 5) is 10.2. The van der Waals surface area contributed by atoms with Gasteiger partial charge in [-0.3, -0.25) is 9.97 Å². The van der Waals surface area contributed by atoms with Gasteiger partial charge < -0.3 is 0 Å². The molecule has 0 spiro atoms. The Morgan fingerprint density at radius 2 is 0.621 bits per heavy atom. The zero-order valence-corrected chi connectivity index (χ0v) is 51.9. The molecular formula is C85H74N2. The zero-order chi connectivity index (χ0) is 59.9. The second-order valence-electron chi connectivity index (χ2n) is 26.5. The molecule has 12 aromatic carbocycles. The van der Waals surface area contributed by atoms with Crippen LogP contribution in [0, 0.1) is 13.8 Å². The highest BCUT2D eigenvalue weighted by atomic mass is 14.7. The fraction of sp³-hybridized carbons (Fsp3) is 0.176. The van der Waals surface area contributed by atoms with E-state index in [1.165, 1.54) is 143 Å². The molecule has 0 bridgehead atoms. The van der Waals surface area contributed by atoms with Crippen LogP contribution in [-0.2, 0) is 16.2 Å². The normalized spacial score (nSPS) is 12.3. The molecule has 0 saturated carbocycles. The Hall–Kier alpha value is -9.50. The number of benzene rings is 12. The lowest BCUT2D eigenvalue weighted by Gasteiger charge is -2.38. The lowest BCUT2D eigenvalue weighted by Crippen LogP contribution is -2.28. The first-order valence-corrected chi connectivity index (χ1v) is 31.2. The minimum absolute atomic E-state index is 0.0468. The van der Waals surface area contributed by atoms with Gasteiger partial charge in [-0.2, -0.15) is 0 Å². The Balaban J connectivity index is 1.09. The Kier molecular flexibility index (Phi) is 13.7. The van der Waals surface area contributed by atoms with Crippen LogP contribution in [0.5, 0.6) is 0 Å². The highest BCUT2D eigenvalue weighted by molar-refractivity contribution is 6.27. The van der Waals surface area contributed by atoms with E-state index >= 15 is 0 Å². The first-order chi connectivity index (χ1) is 42.1. The van der Waals surface area contributed by atoms with Gasteiger partial charge in [0.2, 0.25) is 0 Å². The molecule has 0 fully saturated rings. The van der Waals surface area contributed by atoms with E-state index in [1.807, 2.05) is 12.4 Å². The predicted molar refractivity (Wildman–Crippen MR) is 374 cm³/mol. The van der Waals surface area contributed by atoms with Crippen LogP contribution < -0.4 is 0 Å². The van der Waals surface area contributed by atoms with Crippen LogP contribution in [0.2, 0.25) is 0 Å². The molecule has 2 heterocycles. The van der Waals surface area contributed by atoms with E-state index < -0.39 is 5.41 Å². The van der Waals surface area contributed by atoms with Crippen LogP contribution in [0.15, 0.2) is 243 Å². The third-order valence-corrected chi connectivity index (χ3v) is 19.1. The van der Waals surface area contributed by atoms with E-state index in [1.54, 1.807) is 0 Å². The van der Waals surface area contributed by atoms with Crippen molar-refractivity contribution in [3.05, 3.63) is 276 Å². The lowest BCUT2D eigenvalue weighted by atomic mass is 9.65. The van der Waals surface area contributed by atoms with Gasteiger partial charge in [-0.1, -0.05) is 249 Å². The van der Waals surface area contributed by atoms with Gasteiger partial charge in [0.1, 0.15) is 0 Å². The Morgan fingerprint density at radius 3 is 0.977 bits per heavy atom. The number of hydrogen-bond acceptors (Lipinski definition) is 2. The number of aromatic nitrogens is 2. The minimum atomic E-state index is -0.420. The summed E-state index contributed by atoms with van der Waals surface area (Å²) >= 11 is 0. The number of nitrogens with zero attached hydrogens (tertiary/aromatic N) is 2. The molecule has 87 heavy (non-hydrogen) atoms. The average Bonchev–Trinajstić information content (AvgIpc) is 0.831. The first kappa shape index (κ1) is 55.4. The molecule has 0 N–H and O–H groups in total. The predicted octanol–water partition coefficient (Wildman–Crippen LogP) is 23.7. The number of hydrogen-bond donors (Lipinski definition) is 0. The monoisotopic (exact) mass is 1120 g/mol. The minimum Gasteiger partial charge on any atom is -0.256 e. The summed E-state index contributed by atoms with van der Waals surface area (Å²) in [5.41, 5.74) is 20.8. The van der Waals surface area contributed by atoms with Gasteiger partial charge >= 0.3 is 0 Å². The molecule has 14 rings (SSSR count). The summed E-state index contributed by atoms with van der Waals surface area (Å²) in [6.07, 6.45) is 5.74. The van der Waals surface area contributed by atoms with Crippen molar-refractivity contribution < 1.29 is 0 Å². The highest BCUT2D eigenvalue weighted by Gasteiger charge is 2.37. The fourth-order valence-corrected chi connectivity index (χ4v) is 14.5. The van der Waals surface area contributed by atoms with Crippen molar-refractivity contribution in [2.24, 2.45) is 0 Å². The molecule has 14 aromatic rings. The Labute approximate surface area is 513 Å². The lowest BCUT2D eigenvalue weighted by molar-refractivity contribution is 0.480. The smallest absolute Gasteiger partial charge is 0.0705 e. The van der Waals surface area contributed by atoms with E-state index in [4.69, 9.17) is 9.97 Å². The molecule has 0 aliphatic heterocycles. The number of rotatable bonds is 10. The summed E-state index contributed by atoms with van der Waals surface area (Å²) in [6.45, 7) is 23.0. The van der Waals surface area contributed by atoms with Crippen molar-refractivity contribution in [3.63, 3.8) is 0 Å². The maximum atomic E-state index is 5.11. The molecule has 0 saturated heterocycles. The van der Waals surface area contributed by atoms with Crippen LogP contribution in [0.25, 0.3) is 132 Å². The van der Waals surface area contributed by atoms with Crippen molar-refractivity contribution in [1.29, 1.82) is 0 Å². The molecule has 0 aliphatic carbocycles. The fourth-order valence-electron chi connectivity index (χ4n) is 14.5. The zero-order valence-electron chi connectivity index (χ0n) is 51.9.